The number of hydrogen-bond acceptors (Lipinski definition) is 2. The number of anilines is 1. The first-order valence-corrected chi connectivity index (χ1v) is 5.50. The van der Waals surface area contributed by atoms with Crippen molar-refractivity contribution in [3.63, 3.8) is 0 Å². The number of halogens is 1. The molecule has 0 aliphatic rings. The first kappa shape index (κ1) is 11.9. The van der Waals surface area contributed by atoms with E-state index in [1.807, 2.05) is 0 Å². The van der Waals surface area contributed by atoms with E-state index in [1.165, 1.54) is 0 Å². The van der Waals surface area contributed by atoms with E-state index in [9.17, 15) is 4.79 Å². The second-order valence-corrected chi connectivity index (χ2v) is 4.23. The van der Waals surface area contributed by atoms with Crippen LogP contribution in [0, 0.1) is 0 Å². The van der Waals surface area contributed by atoms with Gasteiger partial charge in [-0.1, -0.05) is 11.6 Å². The number of nitrogens with one attached hydrogen (secondary N) is 1. The van der Waals surface area contributed by atoms with E-state index in [4.69, 9.17) is 22.7 Å². The van der Waals surface area contributed by atoms with E-state index in [0.717, 1.165) is 11.8 Å². The summed E-state index contributed by atoms with van der Waals surface area (Å²) in [4.78, 5) is 11.3. The van der Waals surface area contributed by atoms with Crippen molar-refractivity contribution in [2.45, 2.75) is 0 Å². The Bertz CT molecular complexity index is 366. The summed E-state index contributed by atoms with van der Waals surface area (Å²) in [5.74, 6) is 0.0426. The van der Waals surface area contributed by atoms with E-state index in [2.05, 4.69) is 5.32 Å². The van der Waals surface area contributed by atoms with Crippen LogP contribution < -0.4 is 16.5 Å². The molecule has 0 unspecified atom stereocenters. The summed E-state index contributed by atoms with van der Waals surface area (Å²) in [5.41, 5.74) is 5.91. The van der Waals surface area contributed by atoms with Gasteiger partial charge >= 0.3 is 0 Å². The average Bonchev–Trinajstić information content (AvgIpc) is 2.19. The Morgan fingerprint density at radius 1 is 1.47 bits per heavy atom. The molecule has 0 bridgehead atoms. The highest BCUT2D eigenvalue weighted by Gasteiger charge is 2.05. The predicted octanol–water partition coefficient (Wildman–Crippen LogP) is 0.0855. The van der Waals surface area contributed by atoms with Crippen LogP contribution >= 0.6 is 23.4 Å². The summed E-state index contributed by atoms with van der Waals surface area (Å²) in [6, 6.07) is 6.85. The van der Waals surface area contributed by atoms with Crippen molar-refractivity contribution in [3.05, 3.63) is 29.3 Å². The minimum absolute atomic E-state index is 0.157. The minimum Gasteiger partial charge on any atom is -0.325 e. The summed E-state index contributed by atoms with van der Waals surface area (Å²) >= 11 is 6.79. The molecular weight excluding hydrogens is 234 g/mol. The molecule has 1 rings (SSSR count). The van der Waals surface area contributed by atoms with E-state index in [1.54, 1.807) is 24.3 Å². The van der Waals surface area contributed by atoms with Gasteiger partial charge in [0.2, 0.25) is 5.91 Å². The molecule has 0 aliphatic carbocycles. The summed E-state index contributed by atoms with van der Waals surface area (Å²) in [6.45, 7) is 0. The zero-order valence-corrected chi connectivity index (χ0v) is 9.44. The van der Waals surface area contributed by atoms with Crippen molar-refractivity contribution in [2.75, 3.05) is 11.1 Å². The van der Waals surface area contributed by atoms with Crippen LogP contribution in [0.2, 0.25) is 5.02 Å². The van der Waals surface area contributed by atoms with Crippen LogP contribution in [0.15, 0.2) is 24.3 Å². The topological polar surface area (TPSA) is 80.7 Å². The Morgan fingerprint density at radius 3 is 2.60 bits per heavy atom. The molecule has 0 aromatic heterocycles. The fraction of sp³-hybridized carbons (Fsp3) is 0.111. The van der Waals surface area contributed by atoms with Gasteiger partial charge in [0, 0.05) is 10.7 Å². The third kappa shape index (κ3) is 4.71. The molecule has 0 spiro atoms. The zero-order valence-electron chi connectivity index (χ0n) is 7.87. The normalized spacial score (nSPS) is 9.67. The molecule has 4 nitrogen and oxygen atoms in total. The molecule has 1 amide bonds. The van der Waals surface area contributed by atoms with Gasteiger partial charge in [0.25, 0.3) is 5.17 Å². The monoisotopic (exact) mass is 244 g/mol. The highest BCUT2D eigenvalue weighted by atomic mass is 35.5. The second kappa shape index (κ2) is 5.63. The van der Waals surface area contributed by atoms with Crippen molar-refractivity contribution in [3.8, 4) is 0 Å². The Hall–Kier alpha value is -1.20. The number of nitrogens with two attached hydrogens (primary N) is 2. The summed E-state index contributed by atoms with van der Waals surface area (Å²) in [7, 11) is 0. The smallest absolute Gasteiger partial charge is 0.300 e. The van der Waals surface area contributed by atoms with Crippen LogP contribution in [-0.2, 0) is 4.79 Å². The van der Waals surface area contributed by atoms with Crippen LogP contribution in [0.1, 0.15) is 0 Å². The standard InChI is InChI=1S/C9H10ClN3OS/c10-6-1-3-7(4-2-6)13-8(14)5-15-9(11)12/h1-4H,5H2,(H3,11,12)(H,13,14)/p+1. The number of carbonyl (C=O) groups is 1. The van der Waals surface area contributed by atoms with Crippen LogP contribution in [-0.4, -0.2) is 16.8 Å². The number of amidine groups is 1. The Morgan fingerprint density at radius 2 is 2.07 bits per heavy atom. The molecule has 0 aliphatic heterocycles. The maximum Gasteiger partial charge on any atom is 0.300 e. The number of hydrogen-bond donors (Lipinski definition) is 3. The minimum atomic E-state index is -0.157. The van der Waals surface area contributed by atoms with Gasteiger partial charge in [0.15, 0.2) is 0 Å². The van der Waals surface area contributed by atoms with Crippen molar-refractivity contribution < 1.29 is 10.2 Å². The molecule has 0 fully saturated rings. The highest BCUT2D eigenvalue weighted by molar-refractivity contribution is 8.14. The molecule has 0 saturated carbocycles. The number of carbonyl (C=O) groups excluding carboxylic acids is 1. The molecule has 80 valence electrons. The van der Waals surface area contributed by atoms with Gasteiger partial charge in [-0.05, 0) is 36.0 Å². The van der Waals surface area contributed by atoms with Gasteiger partial charge in [-0.3, -0.25) is 15.9 Å². The van der Waals surface area contributed by atoms with Crippen LogP contribution in [0.5, 0.6) is 0 Å². The lowest BCUT2D eigenvalue weighted by molar-refractivity contribution is -0.114. The van der Waals surface area contributed by atoms with Crippen LogP contribution in [0.4, 0.5) is 5.69 Å². The first-order valence-electron chi connectivity index (χ1n) is 4.14. The van der Waals surface area contributed by atoms with Gasteiger partial charge < -0.3 is 5.32 Å². The lowest BCUT2D eigenvalue weighted by Gasteiger charge is -2.03. The Kier molecular flexibility index (Phi) is 4.45. The van der Waals surface area contributed by atoms with E-state index >= 15 is 0 Å². The molecule has 1 aromatic carbocycles. The Labute approximate surface area is 96.7 Å². The maximum atomic E-state index is 11.3. The average molecular weight is 245 g/mol. The number of thioether (sulfide) groups is 1. The van der Waals surface area contributed by atoms with Gasteiger partial charge in [-0.25, -0.2) is 0 Å². The molecule has 1 aromatic rings. The predicted molar refractivity (Wildman–Crippen MR) is 63.7 cm³/mol. The van der Waals surface area contributed by atoms with Crippen molar-refractivity contribution in [1.82, 2.24) is 0 Å². The quantitative estimate of drug-likeness (QED) is 0.521. The molecule has 5 N–H and O–H groups in total. The molecule has 15 heavy (non-hydrogen) atoms. The number of amides is 1. The lowest BCUT2D eigenvalue weighted by Crippen LogP contribution is -2.43. The van der Waals surface area contributed by atoms with E-state index in [0.29, 0.717) is 10.7 Å². The third-order valence-electron chi connectivity index (χ3n) is 1.50. The first-order chi connectivity index (χ1) is 7.08. The van der Waals surface area contributed by atoms with E-state index < -0.39 is 0 Å². The zero-order chi connectivity index (χ0) is 11.3. The fourth-order valence-electron chi connectivity index (χ4n) is 0.879. The summed E-state index contributed by atoms with van der Waals surface area (Å²) < 4.78 is 0. The fourth-order valence-corrected chi connectivity index (χ4v) is 1.38. The van der Waals surface area contributed by atoms with Crippen molar-refractivity contribution in [2.24, 2.45) is 5.73 Å². The second-order valence-electron chi connectivity index (χ2n) is 2.75. The summed E-state index contributed by atoms with van der Waals surface area (Å²) in [6.07, 6.45) is 0. The van der Waals surface area contributed by atoms with Crippen molar-refractivity contribution in [1.29, 1.82) is 0 Å². The molecule has 0 heterocycles. The van der Waals surface area contributed by atoms with Gasteiger partial charge in [-0.15, -0.1) is 0 Å². The van der Waals surface area contributed by atoms with Crippen LogP contribution in [0.3, 0.4) is 0 Å². The largest absolute Gasteiger partial charge is 0.325 e. The van der Waals surface area contributed by atoms with Crippen LogP contribution in [0.25, 0.3) is 0 Å². The lowest BCUT2D eigenvalue weighted by atomic mass is 10.3. The number of rotatable bonds is 3. The van der Waals surface area contributed by atoms with Crippen molar-refractivity contribution >= 4 is 40.1 Å². The van der Waals surface area contributed by atoms with E-state index in [-0.39, 0.29) is 16.8 Å². The van der Waals surface area contributed by atoms with Gasteiger partial charge in [-0.2, -0.15) is 0 Å². The SMILES string of the molecule is NC(=[NH2+])SCC(=O)Nc1ccc(Cl)cc1. The number of benzene rings is 1. The van der Waals surface area contributed by atoms with Gasteiger partial charge in [0.1, 0.15) is 0 Å². The third-order valence-corrected chi connectivity index (χ3v) is 2.49. The molecule has 0 saturated heterocycles. The van der Waals surface area contributed by atoms with Gasteiger partial charge in [0.05, 0.1) is 5.75 Å². The highest BCUT2D eigenvalue weighted by Crippen LogP contribution is 2.13. The molecule has 6 heteroatoms. The maximum absolute atomic E-state index is 11.3. The Balaban J connectivity index is 2.44. The summed E-state index contributed by atoms with van der Waals surface area (Å²) in [5, 5.41) is 8.70. The molecular formula is C9H11ClN3OS+. The molecule has 0 atom stereocenters. The molecule has 0 radical (unpaired) electrons.